The Morgan fingerprint density at radius 1 is 0.923 bits per heavy atom. The molecule has 0 N–H and O–H groups in total. The molecule has 0 atom stereocenters. The number of hydrogen-bond donors (Lipinski definition) is 0. The Morgan fingerprint density at radius 3 is 2.42 bits per heavy atom. The zero-order valence-electron chi connectivity index (χ0n) is 14.4. The maximum atomic E-state index is 12.9. The Bertz CT molecular complexity index is 1010. The van der Waals surface area contributed by atoms with Crippen molar-refractivity contribution < 1.29 is 17.9 Å². The van der Waals surface area contributed by atoms with Crippen molar-refractivity contribution >= 4 is 9.84 Å². The molecule has 0 saturated heterocycles. The standard InChI is InChI=1S/C19H18N2O4S/c1-24-17-5-6-18(25-2)19(9-17)26(22,23)13-14-8-16(12-21-10-14)15-4-3-7-20-11-15/h3-12H,13H2,1-2H3. The van der Waals surface area contributed by atoms with E-state index >= 15 is 0 Å². The van der Waals surface area contributed by atoms with Crippen LogP contribution < -0.4 is 9.47 Å². The summed E-state index contributed by atoms with van der Waals surface area (Å²) in [6, 6.07) is 10.2. The van der Waals surface area contributed by atoms with Gasteiger partial charge in [-0.2, -0.15) is 0 Å². The highest BCUT2D eigenvalue weighted by molar-refractivity contribution is 7.90. The normalized spacial score (nSPS) is 11.2. The minimum atomic E-state index is -3.65. The number of sulfone groups is 1. The molecule has 1 aromatic carbocycles. The van der Waals surface area contributed by atoms with Gasteiger partial charge in [-0.3, -0.25) is 9.97 Å². The fourth-order valence-corrected chi connectivity index (χ4v) is 4.09. The minimum absolute atomic E-state index is 0.0890. The molecule has 134 valence electrons. The Kier molecular flexibility index (Phi) is 5.18. The number of benzene rings is 1. The van der Waals surface area contributed by atoms with Crippen LogP contribution in [-0.4, -0.2) is 32.6 Å². The summed E-state index contributed by atoms with van der Waals surface area (Å²) in [6.07, 6.45) is 6.62. The van der Waals surface area contributed by atoms with Crippen LogP contribution >= 0.6 is 0 Å². The van der Waals surface area contributed by atoms with Gasteiger partial charge in [-0.1, -0.05) is 6.07 Å². The summed E-state index contributed by atoms with van der Waals surface area (Å²) >= 11 is 0. The molecule has 0 spiro atoms. The highest BCUT2D eigenvalue weighted by Gasteiger charge is 2.21. The summed E-state index contributed by atoms with van der Waals surface area (Å²) in [5.74, 6) is 0.534. The van der Waals surface area contributed by atoms with E-state index in [4.69, 9.17) is 9.47 Å². The van der Waals surface area contributed by atoms with Gasteiger partial charge in [0, 0.05) is 42.0 Å². The van der Waals surface area contributed by atoms with Gasteiger partial charge in [0.25, 0.3) is 0 Å². The van der Waals surface area contributed by atoms with Crippen molar-refractivity contribution in [2.24, 2.45) is 0 Å². The molecule has 0 bridgehead atoms. The van der Waals surface area contributed by atoms with Gasteiger partial charge in [0.05, 0.1) is 20.0 Å². The van der Waals surface area contributed by atoms with E-state index in [0.29, 0.717) is 11.3 Å². The average molecular weight is 370 g/mol. The summed E-state index contributed by atoms with van der Waals surface area (Å²) in [5.41, 5.74) is 2.26. The van der Waals surface area contributed by atoms with Crippen molar-refractivity contribution in [3.63, 3.8) is 0 Å². The van der Waals surface area contributed by atoms with Crippen LogP contribution in [0.5, 0.6) is 11.5 Å². The number of rotatable bonds is 6. The predicted octanol–water partition coefficient (Wildman–Crippen LogP) is 3.13. The van der Waals surface area contributed by atoms with Gasteiger partial charge in [-0.05, 0) is 29.8 Å². The number of methoxy groups -OCH3 is 2. The van der Waals surface area contributed by atoms with Crippen molar-refractivity contribution in [3.05, 3.63) is 66.7 Å². The van der Waals surface area contributed by atoms with Crippen molar-refractivity contribution in [1.82, 2.24) is 9.97 Å². The van der Waals surface area contributed by atoms with Gasteiger partial charge in [-0.15, -0.1) is 0 Å². The molecule has 0 radical (unpaired) electrons. The van der Waals surface area contributed by atoms with Gasteiger partial charge < -0.3 is 9.47 Å². The second-order valence-electron chi connectivity index (χ2n) is 5.60. The molecule has 0 saturated carbocycles. The van der Waals surface area contributed by atoms with E-state index in [2.05, 4.69) is 9.97 Å². The highest BCUT2D eigenvalue weighted by atomic mass is 32.2. The summed E-state index contributed by atoms with van der Waals surface area (Å²) in [4.78, 5) is 8.33. The molecule has 3 rings (SSSR count). The first kappa shape index (κ1) is 17.9. The van der Waals surface area contributed by atoms with Gasteiger partial charge in [0.1, 0.15) is 16.4 Å². The minimum Gasteiger partial charge on any atom is -0.497 e. The van der Waals surface area contributed by atoms with Crippen molar-refractivity contribution in [2.45, 2.75) is 10.6 Å². The van der Waals surface area contributed by atoms with E-state index in [1.807, 2.05) is 12.1 Å². The zero-order valence-corrected chi connectivity index (χ0v) is 15.2. The van der Waals surface area contributed by atoms with Crippen LogP contribution in [0, 0.1) is 0 Å². The Balaban J connectivity index is 1.96. The van der Waals surface area contributed by atoms with E-state index in [1.54, 1.807) is 43.0 Å². The largest absolute Gasteiger partial charge is 0.497 e. The SMILES string of the molecule is COc1ccc(OC)c(S(=O)(=O)Cc2cncc(-c3cccnc3)c2)c1. The lowest BCUT2D eigenvalue weighted by Crippen LogP contribution is -2.07. The molecular formula is C19H18N2O4S. The lowest BCUT2D eigenvalue weighted by Gasteiger charge is -2.11. The quantitative estimate of drug-likeness (QED) is 0.663. The lowest BCUT2D eigenvalue weighted by molar-refractivity contribution is 0.392. The Labute approximate surface area is 152 Å². The molecule has 2 aromatic heterocycles. The monoisotopic (exact) mass is 370 g/mol. The van der Waals surface area contributed by atoms with E-state index in [0.717, 1.165) is 11.1 Å². The third-order valence-electron chi connectivity index (χ3n) is 3.85. The number of nitrogens with zero attached hydrogens (tertiary/aromatic N) is 2. The first-order chi connectivity index (χ1) is 12.5. The number of ether oxygens (including phenoxy) is 2. The van der Waals surface area contributed by atoms with E-state index < -0.39 is 9.84 Å². The fraction of sp³-hybridized carbons (Fsp3) is 0.158. The van der Waals surface area contributed by atoms with Crippen molar-refractivity contribution in [2.75, 3.05) is 14.2 Å². The van der Waals surface area contributed by atoms with Crippen LogP contribution in [0.15, 0.2) is 66.1 Å². The highest BCUT2D eigenvalue weighted by Crippen LogP contribution is 2.31. The Morgan fingerprint density at radius 2 is 1.73 bits per heavy atom. The molecular weight excluding hydrogens is 352 g/mol. The third kappa shape index (κ3) is 3.83. The maximum Gasteiger partial charge on any atom is 0.186 e. The maximum absolute atomic E-state index is 12.9. The summed E-state index contributed by atoms with van der Waals surface area (Å²) in [7, 11) is -0.727. The third-order valence-corrected chi connectivity index (χ3v) is 5.55. The molecule has 7 heteroatoms. The first-order valence-electron chi connectivity index (χ1n) is 7.82. The van der Waals surface area contributed by atoms with Crippen LogP contribution in [0.25, 0.3) is 11.1 Å². The number of pyridine rings is 2. The average Bonchev–Trinajstić information content (AvgIpc) is 2.68. The van der Waals surface area contributed by atoms with Gasteiger partial charge in [-0.25, -0.2) is 8.42 Å². The van der Waals surface area contributed by atoms with Crippen LogP contribution in [0.4, 0.5) is 0 Å². The summed E-state index contributed by atoms with van der Waals surface area (Å²) < 4.78 is 36.2. The Hall–Kier alpha value is -2.93. The van der Waals surface area contributed by atoms with Crippen LogP contribution in [-0.2, 0) is 15.6 Å². The molecule has 0 aliphatic heterocycles. The molecule has 3 aromatic rings. The van der Waals surface area contributed by atoms with Crippen molar-refractivity contribution in [3.8, 4) is 22.6 Å². The van der Waals surface area contributed by atoms with E-state index in [9.17, 15) is 8.42 Å². The number of aromatic nitrogens is 2. The van der Waals surface area contributed by atoms with Crippen LogP contribution in [0.1, 0.15) is 5.56 Å². The number of hydrogen-bond acceptors (Lipinski definition) is 6. The second-order valence-corrected chi connectivity index (χ2v) is 7.56. The van der Waals surface area contributed by atoms with Crippen molar-refractivity contribution in [1.29, 1.82) is 0 Å². The zero-order chi connectivity index (χ0) is 18.6. The smallest absolute Gasteiger partial charge is 0.186 e. The van der Waals surface area contributed by atoms with Crippen LogP contribution in [0.3, 0.4) is 0 Å². The van der Waals surface area contributed by atoms with E-state index in [-0.39, 0.29) is 16.4 Å². The molecule has 0 amide bonds. The molecule has 6 nitrogen and oxygen atoms in total. The van der Waals surface area contributed by atoms with Gasteiger partial charge >= 0.3 is 0 Å². The van der Waals surface area contributed by atoms with E-state index in [1.165, 1.54) is 20.3 Å². The van der Waals surface area contributed by atoms with Gasteiger partial charge in [0.15, 0.2) is 9.84 Å². The summed E-state index contributed by atoms with van der Waals surface area (Å²) in [6.45, 7) is 0. The van der Waals surface area contributed by atoms with Gasteiger partial charge in [0.2, 0.25) is 0 Å². The molecule has 0 aliphatic rings. The summed E-state index contributed by atoms with van der Waals surface area (Å²) in [5, 5.41) is 0. The second kappa shape index (κ2) is 7.53. The first-order valence-corrected chi connectivity index (χ1v) is 9.48. The molecule has 2 heterocycles. The predicted molar refractivity (Wildman–Crippen MR) is 97.9 cm³/mol. The topological polar surface area (TPSA) is 78.4 Å². The van der Waals surface area contributed by atoms with Crippen LogP contribution in [0.2, 0.25) is 0 Å². The molecule has 26 heavy (non-hydrogen) atoms. The molecule has 0 aliphatic carbocycles. The molecule has 0 fully saturated rings. The molecule has 0 unspecified atom stereocenters. The lowest BCUT2D eigenvalue weighted by atomic mass is 10.1. The fourth-order valence-electron chi connectivity index (χ4n) is 2.58.